The Balaban J connectivity index is 2.27. The summed E-state index contributed by atoms with van der Waals surface area (Å²) in [5.41, 5.74) is 5.83. The summed E-state index contributed by atoms with van der Waals surface area (Å²) in [6, 6.07) is 10.2. The van der Waals surface area contributed by atoms with Gasteiger partial charge < -0.3 is 5.73 Å². The molecule has 0 aliphatic rings. The minimum absolute atomic E-state index is 0.259. The highest BCUT2D eigenvalue weighted by molar-refractivity contribution is 7.16. The van der Waals surface area contributed by atoms with Crippen LogP contribution in [0, 0.1) is 5.82 Å². The summed E-state index contributed by atoms with van der Waals surface area (Å²) in [4.78, 5) is 12.4. The van der Waals surface area contributed by atoms with Gasteiger partial charge in [0.05, 0.1) is 0 Å². The third kappa shape index (κ3) is 3.01. The number of benzene rings is 1. The Morgan fingerprint density at radius 1 is 1.29 bits per heavy atom. The van der Waals surface area contributed by atoms with E-state index in [0.717, 1.165) is 15.3 Å². The number of thiophene rings is 1. The zero-order valence-corrected chi connectivity index (χ0v) is 9.71. The summed E-state index contributed by atoms with van der Waals surface area (Å²) in [5.74, 6) is -0.740. The molecule has 2 nitrogen and oxygen atoms in total. The molecule has 1 aromatic carbocycles. The van der Waals surface area contributed by atoms with Crippen LogP contribution in [0.5, 0.6) is 0 Å². The van der Waals surface area contributed by atoms with Crippen LogP contribution in [-0.2, 0) is 4.79 Å². The second kappa shape index (κ2) is 4.93. The number of hydrogen-bond acceptors (Lipinski definition) is 2. The van der Waals surface area contributed by atoms with Crippen LogP contribution in [0.25, 0.3) is 16.5 Å². The maximum absolute atomic E-state index is 13.0. The zero-order valence-electron chi connectivity index (χ0n) is 8.89. The van der Waals surface area contributed by atoms with E-state index in [4.69, 9.17) is 5.73 Å². The fourth-order valence-electron chi connectivity index (χ4n) is 1.40. The van der Waals surface area contributed by atoms with Gasteiger partial charge in [0.1, 0.15) is 5.82 Å². The van der Waals surface area contributed by atoms with Crippen LogP contribution in [0.15, 0.2) is 42.5 Å². The molecule has 0 radical (unpaired) electrons. The molecule has 1 amide bonds. The monoisotopic (exact) mass is 247 g/mol. The molecule has 17 heavy (non-hydrogen) atoms. The molecule has 0 aliphatic carbocycles. The van der Waals surface area contributed by atoms with Crippen molar-refractivity contribution in [3.63, 3.8) is 0 Å². The fourth-order valence-corrected chi connectivity index (χ4v) is 2.31. The van der Waals surface area contributed by atoms with Crippen molar-refractivity contribution in [1.29, 1.82) is 0 Å². The lowest BCUT2D eigenvalue weighted by Gasteiger charge is -1.96. The van der Waals surface area contributed by atoms with Crippen molar-refractivity contribution in [1.82, 2.24) is 0 Å². The van der Waals surface area contributed by atoms with Crippen LogP contribution in [0.3, 0.4) is 0 Å². The van der Waals surface area contributed by atoms with Gasteiger partial charge in [-0.25, -0.2) is 4.39 Å². The van der Waals surface area contributed by atoms with E-state index in [-0.39, 0.29) is 5.82 Å². The second-order valence-electron chi connectivity index (χ2n) is 3.45. The largest absolute Gasteiger partial charge is 0.366 e. The smallest absolute Gasteiger partial charge is 0.241 e. The number of hydrogen-bond donors (Lipinski definition) is 1. The van der Waals surface area contributed by atoms with Crippen LogP contribution >= 0.6 is 11.3 Å². The molecule has 0 saturated carbocycles. The number of amides is 1. The molecule has 1 aromatic heterocycles. The molecule has 0 bridgehead atoms. The van der Waals surface area contributed by atoms with E-state index in [0.29, 0.717) is 0 Å². The first-order chi connectivity index (χ1) is 8.15. The minimum Gasteiger partial charge on any atom is -0.366 e. The lowest BCUT2D eigenvalue weighted by Crippen LogP contribution is -2.04. The van der Waals surface area contributed by atoms with Crippen LogP contribution in [-0.4, -0.2) is 5.91 Å². The standard InChI is InChI=1S/C13H10FNOS/c14-10-3-1-2-9(8-10)12-6-4-11(17-12)5-7-13(15)16/h1-8H,(H2,15,16)/b7-5+. The van der Waals surface area contributed by atoms with Gasteiger partial charge in [-0.3, -0.25) is 4.79 Å². The summed E-state index contributed by atoms with van der Waals surface area (Å²) < 4.78 is 13.0. The molecule has 0 atom stereocenters. The van der Waals surface area contributed by atoms with Crippen molar-refractivity contribution < 1.29 is 9.18 Å². The fraction of sp³-hybridized carbons (Fsp3) is 0. The number of primary amides is 1. The average Bonchev–Trinajstić information content (AvgIpc) is 2.75. The normalized spacial score (nSPS) is 10.9. The lowest BCUT2D eigenvalue weighted by atomic mass is 10.2. The summed E-state index contributed by atoms with van der Waals surface area (Å²) in [6.07, 6.45) is 2.96. The molecule has 0 fully saturated rings. The number of halogens is 1. The first kappa shape index (κ1) is 11.5. The Morgan fingerprint density at radius 3 is 2.82 bits per heavy atom. The highest BCUT2D eigenvalue weighted by Crippen LogP contribution is 2.29. The van der Waals surface area contributed by atoms with E-state index in [1.807, 2.05) is 18.2 Å². The first-order valence-corrected chi connectivity index (χ1v) is 5.80. The van der Waals surface area contributed by atoms with Crippen LogP contribution in [0.2, 0.25) is 0 Å². The summed E-state index contributed by atoms with van der Waals surface area (Å²) in [5, 5.41) is 0. The van der Waals surface area contributed by atoms with E-state index >= 15 is 0 Å². The molecular formula is C13H10FNOS. The van der Waals surface area contributed by atoms with Crippen LogP contribution < -0.4 is 5.73 Å². The van der Waals surface area contributed by atoms with Gasteiger partial charge in [0.15, 0.2) is 0 Å². The predicted molar refractivity (Wildman–Crippen MR) is 67.9 cm³/mol. The second-order valence-corrected chi connectivity index (χ2v) is 4.56. The van der Waals surface area contributed by atoms with Gasteiger partial charge in [-0.05, 0) is 35.9 Å². The van der Waals surface area contributed by atoms with E-state index in [1.165, 1.54) is 29.5 Å². The van der Waals surface area contributed by atoms with Crippen molar-refractivity contribution in [2.45, 2.75) is 0 Å². The maximum atomic E-state index is 13.0. The van der Waals surface area contributed by atoms with Crippen molar-refractivity contribution in [2.24, 2.45) is 5.73 Å². The molecule has 4 heteroatoms. The molecule has 2 rings (SSSR count). The number of nitrogens with two attached hydrogens (primary N) is 1. The van der Waals surface area contributed by atoms with Gasteiger partial charge in [-0.1, -0.05) is 12.1 Å². The molecule has 2 aromatic rings. The van der Waals surface area contributed by atoms with Crippen LogP contribution in [0.4, 0.5) is 4.39 Å². The van der Waals surface area contributed by atoms with Crippen LogP contribution in [0.1, 0.15) is 4.88 Å². The Morgan fingerprint density at radius 2 is 2.12 bits per heavy atom. The van der Waals surface area contributed by atoms with Crippen molar-refractivity contribution in [3.05, 3.63) is 53.2 Å². The first-order valence-electron chi connectivity index (χ1n) is 4.98. The lowest BCUT2D eigenvalue weighted by molar-refractivity contribution is -0.113. The van der Waals surface area contributed by atoms with E-state index in [1.54, 1.807) is 12.1 Å². The molecule has 2 N–H and O–H groups in total. The predicted octanol–water partition coefficient (Wildman–Crippen LogP) is 3.05. The quantitative estimate of drug-likeness (QED) is 0.832. The number of carbonyl (C=O) groups is 1. The average molecular weight is 247 g/mol. The number of rotatable bonds is 3. The Bertz CT molecular complexity index is 574. The topological polar surface area (TPSA) is 43.1 Å². The summed E-state index contributed by atoms with van der Waals surface area (Å²) in [6.45, 7) is 0. The summed E-state index contributed by atoms with van der Waals surface area (Å²) >= 11 is 1.48. The molecule has 0 spiro atoms. The molecule has 0 aliphatic heterocycles. The van der Waals surface area contributed by atoms with Gasteiger partial charge in [0.25, 0.3) is 0 Å². The van der Waals surface area contributed by atoms with Gasteiger partial charge >= 0.3 is 0 Å². The molecule has 1 heterocycles. The SMILES string of the molecule is NC(=O)/C=C/c1ccc(-c2cccc(F)c2)s1. The summed E-state index contributed by atoms with van der Waals surface area (Å²) in [7, 11) is 0. The van der Waals surface area contributed by atoms with Gasteiger partial charge in [0.2, 0.25) is 5.91 Å². The Labute approximate surface area is 102 Å². The number of carbonyl (C=O) groups excluding carboxylic acids is 1. The van der Waals surface area contributed by atoms with E-state index in [2.05, 4.69) is 0 Å². The van der Waals surface area contributed by atoms with Gasteiger partial charge in [-0.15, -0.1) is 11.3 Å². The van der Waals surface area contributed by atoms with Gasteiger partial charge in [-0.2, -0.15) is 0 Å². The third-order valence-corrected chi connectivity index (χ3v) is 3.25. The van der Waals surface area contributed by atoms with Crippen molar-refractivity contribution in [3.8, 4) is 10.4 Å². The molecular weight excluding hydrogens is 237 g/mol. The zero-order chi connectivity index (χ0) is 12.3. The van der Waals surface area contributed by atoms with E-state index < -0.39 is 5.91 Å². The molecule has 0 unspecified atom stereocenters. The Hall–Kier alpha value is -1.94. The minimum atomic E-state index is -0.481. The third-order valence-electron chi connectivity index (χ3n) is 2.15. The maximum Gasteiger partial charge on any atom is 0.241 e. The van der Waals surface area contributed by atoms with Gasteiger partial charge in [0, 0.05) is 15.8 Å². The Kier molecular flexibility index (Phi) is 3.35. The molecule has 86 valence electrons. The van der Waals surface area contributed by atoms with Crippen molar-refractivity contribution >= 4 is 23.3 Å². The van der Waals surface area contributed by atoms with Crippen molar-refractivity contribution in [2.75, 3.05) is 0 Å². The molecule has 0 saturated heterocycles. The highest BCUT2D eigenvalue weighted by atomic mass is 32.1. The highest BCUT2D eigenvalue weighted by Gasteiger charge is 2.02. The van der Waals surface area contributed by atoms with E-state index in [9.17, 15) is 9.18 Å².